The third kappa shape index (κ3) is 3.78. The molecule has 1 amide bonds. The Labute approximate surface area is 147 Å². The van der Waals surface area contributed by atoms with Crippen LogP contribution >= 0.6 is 11.3 Å². The lowest BCUT2D eigenvalue weighted by Crippen LogP contribution is -2.27. The topological polar surface area (TPSA) is 42.3 Å². The highest BCUT2D eigenvalue weighted by atomic mass is 32.1. The molecule has 4 nitrogen and oxygen atoms in total. The van der Waals surface area contributed by atoms with Gasteiger partial charge >= 0.3 is 4.87 Å². The molecule has 0 saturated carbocycles. The summed E-state index contributed by atoms with van der Waals surface area (Å²) in [5.41, 5.74) is 4.25. The third-order valence-electron chi connectivity index (χ3n) is 4.49. The molecule has 0 aliphatic rings. The minimum Gasteiger partial charge on any atom is -0.341 e. The first-order valence-electron chi connectivity index (χ1n) is 8.37. The fourth-order valence-corrected chi connectivity index (χ4v) is 3.77. The van der Waals surface area contributed by atoms with Gasteiger partial charge in [0.2, 0.25) is 0 Å². The van der Waals surface area contributed by atoms with E-state index in [1.165, 1.54) is 11.1 Å². The molecule has 0 saturated heterocycles. The first-order valence-corrected chi connectivity index (χ1v) is 9.19. The smallest absolute Gasteiger partial charge is 0.308 e. The molecule has 0 unspecified atom stereocenters. The SMILES string of the molecule is CCCCN(C)C(=O)c1sc(=O)n(Cc2c(C)cccc2C)c1C. The van der Waals surface area contributed by atoms with Crippen molar-refractivity contribution in [2.24, 2.45) is 0 Å². The summed E-state index contributed by atoms with van der Waals surface area (Å²) >= 11 is 1.06. The lowest BCUT2D eigenvalue weighted by molar-refractivity contribution is 0.0796. The number of hydrogen-bond donors (Lipinski definition) is 0. The van der Waals surface area contributed by atoms with Crippen molar-refractivity contribution < 1.29 is 4.79 Å². The van der Waals surface area contributed by atoms with E-state index < -0.39 is 0 Å². The van der Waals surface area contributed by atoms with Crippen LogP contribution in [0.15, 0.2) is 23.0 Å². The Morgan fingerprint density at radius 1 is 1.21 bits per heavy atom. The molecule has 0 N–H and O–H groups in total. The van der Waals surface area contributed by atoms with E-state index in [0.717, 1.165) is 42.0 Å². The number of aryl methyl sites for hydroxylation is 2. The second-order valence-electron chi connectivity index (χ2n) is 6.32. The van der Waals surface area contributed by atoms with E-state index in [-0.39, 0.29) is 10.8 Å². The van der Waals surface area contributed by atoms with Crippen LogP contribution in [0.25, 0.3) is 0 Å². The van der Waals surface area contributed by atoms with Crippen molar-refractivity contribution in [3.63, 3.8) is 0 Å². The summed E-state index contributed by atoms with van der Waals surface area (Å²) in [6, 6.07) is 6.13. The van der Waals surface area contributed by atoms with Gasteiger partial charge in [-0.3, -0.25) is 14.2 Å². The molecular weight excluding hydrogens is 320 g/mol. The highest BCUT2D eigenvalue weighted by Gasteiger charge is 2.21. The fraction of sp³-hybridized carbons (Fsp3) is 0.474. The lowest BCUT2D eigenvalue weighted by atomic mass is 10.0. The Kier molecular flexibility index (Phi) is 5.99. The Morgan fingerprint density at radius 3 is 2.42 bits per heavy atom. The molecule has 0 aliphatic heterocycles. The molecule has 2 aromatic rings. The molecule has 0 radical (unpaired) electrons. The zero-order valence-corrected chi connectivity index (χ0v) is 16.0. The van der Waals surface area contributed by atoms with Crippen molar-refractivity contribution in [3.05, 3.63) is 55.1 Å². The van der Waals surface area contributed by atoms with E-state index in [1.54, 1.807) is 16.5 Å². The van der Waals surface area contributed by atoms with Gasteiger partial charge in [-0.05, 0) is 43.9 Å². The van der Waals surface area contributed by atoms with E-state index >= 15 is 0 Å². The lowest BCUT2D eigenvalue weighted by Gasteiger charge is -2.16. The molecule has 0 fully saturated rings. The number of rotatable bonds is 6. The Morgan fingerprint density at radius 2 is 1.83 bits per heavy atom. The first-order chi connectivity index (χ1) is 11.4. The molecule has 0 aliphatic carbocycles. The monoisotopic (exact) mass is 346 g/mol. The maximum absolute atomic E-state index is 12.6. The van der Waals surface area contributed by atoms with E-state index in [9.17, 15) is 9.59 Å². The second-order valence-corrected chi connectivity index (χ2v) is 7.28. The summed E-state index contributed by atoms with van der Waals surface area (Å²) < 4.78 is 1.72. The van der Waals surface area contributed by atoms with Crippen LogP contribution in [0.1, 0.15) is 51.8 Å². The summed E-state index contributed by atoms with van der Waals surface area (Å²) in [6.45, 7) is 9.32. The Balaban J connectivity index is 2.33. The van der Waals surface area contributed by atoms with E-state index in [2.05, 4.69) is 32.9 Å². The first kappa shape index (κ1) is 18.5. The van der Waals surface area contributed by atoms with Gasteiger partial charge < -0.3 is 4.90 Å². The number of nitrogens with zero attached hydrogens (tertiary/aromatic N) is 2. The van der Waals surface area contributed by atoms with Gasteiger partial charge in [-0.2, -0.15) is 0 Å². The van der Waals surface area contributed by atoms with Crippen molar-refractivity contribution in [2.75, 3.05) is 13.6 Å². The maximum Gasteiger partial charge on any atom is 0.308 e. The molecule has 2 rings (SSSR count). The number of carbonyl (C=O) groups excluding carboxylic acids is 1. The van der Waals surface area contributed by atoms with E-state index in [1.807, 2.05) is 13.0 Å². The Bertz CT molecular complexity index is 769. The van der Waals surface area contributed by atoms with Gasteiger partial charge in [0, 0.05) is 19.3 Å². The number of benzene rings is 1. The zero-order chi connectivity index (χ0) is 17.9. The van der Waals surface area contributed by atoms with E-state index in [0.29, 0.717) is 11.4 Å². The molecule has 0 spiro atoms. The minimum atomic E-state index is -0.0672. The molecule has 130 valence electrons. The van der Waals surface area contributed by atoms with Crippen LogP contribution < -0.4 is 4.87 Å². The average Bonchev–Trinajstić information content (AvgIpc) is 2.83. The van der Waals surface area contributed by atoms with Crippen LogP contribution in [0, 0.1) is 20.8 Å². The van der Waals surface area contributed by atoms with Crippen LogP contribution in [0.4, 0.5) is 0 Å². The van der Waals surface area contributed by atoms with Crippen LogP contribution in [0.5, 0.6) is 0 Å². The summed E-state index contributed by atoms with van der Waals surface area (Å²) in [5.74, 6) is -0.0525. The van der Waals surface area contributed by atoms with Gasteiger partial charge in [0.1, 0.15) is 4.88 Å². The third-order valence-corrected chi connectivity index (χ3v) is 5.56. The van der Waals surface area contributed by atoms with Crippen molar-refractivity contribution in [2.45, 2.75) is 47.1 Å². The van der Waals surface area contributed by atoms with Crippen molar-refractivity contribution >= 4 is 17.2 Å². The Hall–Kier alpha value is -1.88. The maximum atomic E-state index is 12.6. The number of carbonyl (C=O) groups is 1. The molecule has 0 bridgehead atoms. The fourth-order valence-electron chi connectivity index (χ4n) is 2.78. The zero-order valence-electron chi connectivity index (χ0n) is 15.2. The molecule has 24 heavy (non-hydrogen) atoms. The number of thiazole rings is 1. The van der Waals surface area contributed by atoms with Gasteiger partial charge in [-0.25, -0.2) is 0 Å². The summed E-state index contributed by atoms with van der Waals surface area (Å²) in [6.07, 6.45) is 2.01. The van der Waals surface area contributed by atoms with Crippen LogP contribution in [0.3, 0.4) is 0 Å². The quantitative estimate of drug-likeness (QED) is 0.799. The highest BCUT2D eigenvalue weighted by molar-refractivity contribution is 7.11. The van der Waals surface area contributed by atoms with Crippen molar-refractivity contribution in [1.29, 1.82) is 0 Å². The largest absolute Gasteiger partial charge is 0.341 e. The molecule has 1 heterocycles. The van der Waals surface area contributed by atoms with Crippen molar-refractivity contribution in [3.8, 4) is 0 Å². The second kappa shape index (κ2) is 7.79. The van der Waals surface area contributed by atoms with Crippen LogP contribution in [-0.2, 0) is 6.54 Å². The van der Waals surface area contributed by atoms with Crippen LogP contribution in [-0.4, -0.2) is 29.0 Å². The predicted molar refractivity (Wildman–Crippen MR) is 100 cm³/mol. The normalized spacial score (nSPS) is 10.9. The summed E-state index contributed by atoms with van der Waals surface area (Å²) in [4.78, 5) is 27.3. The number of unbranched alkanes of at least 4 members (excludes halogenated alkanes) is 1. The summed E-state index contributed by atoms with van der Waals surface area (Å²) in [7, 11) is 1.80. The van der Waals surface area contributed by atoms with Gasteiger partial charge in [0.05, 0.1) is 6.54 Å². The number of hydrogen-bond acceptors (Lipinski definition) is 3. The van der Waals surface area contributed by atoms with Gasteiger partial charge in [0.15, 0.2) is 0 Å². The molecular formula is C19H26N2O2S. The minimum absolute atomic E-state index is 0.0525. The molecule has 1 aromatic heterocycles. The molecule has 1 aromatic carbocycles. The van der Waals surface area contributed by atoms with Gasteiger partial charge in [-0.15, -0.1) is 0 Å². The summed E-state index contributed by atoms with van der Waals surface area (Å²) in [5, 5.41) is 0. The van der Waals surface area contributed by atoms with Gasteiger partial charge in [0.25, 0.3) is 5.91 Å². The molecule has 5 heteroatoms. The van der Waals surface area contributed by atoms with Crippen molar-refractivity contribution in [1.82, 2.24) is 9.47 Å². The standard InChI is InChI=1S/C19H26N2O2S/c1-6-7-11-20(5)18(22)17-15(4)21(19(23)24-17)12-16-13(2)9-8-10-14(16)3/h8-10H,6-7,11-12H2,1-5H3. The van der Waals surface area contributed by atoms with E-state index in [4.69, 9.17) is 0 Å². The number of aromatic nitrogens is 1. The number of amides is 1. The molecule has 0 atom stereocenters. The average molecular weight is 346 g/mol. The highest BCUT2D eigenvalue weighted by Crippen LogP contribution is 2.19. The van der Waals surface area contributed by atoms with Crippen LogP contribution in [0.2, 0.25) is 0 Å². The van der Waals surface area contributed by atoms with Gasteiger partial charge in [-0.1, -0.05) is 42.9 Å². The predicted octanol–water partition coefficient (Wildman–Crippen LogP) is 3.76.